The lowest BCUT2D eigenvalue weighted by atomic mass is 9.90. The van der Waals surface area contributed by atoms with Gasteiger partial charge in [-0.3, -0.25) is 14.5 Å². The Balaban J connectivity index is 1.39. The Morgan fingerprint density at radius 2 is 1.76 bits per heavy atom. The molecule has 1 aliphatic carbocycles. The van der Waals surface area contributed by atoms with E-state index < -0.39 is 33.4 Å². The van der Waals surface area contributed by atoms with Crippen LogP contribution in [0.5, 0.6) is 0 Å². The summed E-state index contributed by atoms with van der Waals surface area (Å²) in [6, 6.07) is 12.3. The molecule has 4 amide bonds. The third-order valence-corrected chi connectivity index (χ3v) is 9.25. The van der Waals surface area contributed by atoms with Crippen LogP contribution in [0.25, 0.3) is 10.8 Å². The zero-order chi connectivity index (χ0) is 24.1. The van der Waals surface area contributed by atoms with E-state index in [0.29, 0.717) is 12.0 Å². The van der Waals surface area contributed by atoms with Gasteiger partial charge in [0.05, 0.1) is 11.5 Å². The first-order valence-electron chi connectivity index (χ1n) is 11.8. The zero-order valence-electron chi connectivity index (χ0n) is 19.2. The second-order valence-corrected chi connectivity index (χ2v) is 12.0. The summed E-state index contributed by atoms with van der Waals surface area (Å²) in [5.41, 5.74) is -0.634. The van der Waals surface area contributed by atoms with Crippen molar-refractivity contribution in [3.05, 3.63) is 48.0 Å². The molecule has 3 fully saturated rings. The number of benzene rings is 2. The van der Waals surface area contributed by atoms with E-state index in [2.05, 4.69) is 5.32 Å². The van der Waals surface area contributed by atoms with Crippen molar-refractivity contribution in [3.8, 4) is 0 Å². The number of hydrogen-bond acceptors (Lipinski definition) is 5. The van der Waals surface area contributed by atoms with Gasteiger partial charge in [-0.05, 0) is 48.6 Å². The van der Waals surface area contributed by atoms with Gasteiger partial charge in [0.1, 0.15) is 12.1 Å². The number of hydrogen-bond donors (Lipinski definition) is 1. The monoisotopic (exact) mass is 483 g/mol. The molecule has 2 aromatic carbocycles. The van der Waals surface area contributed by atoms with Crippen molar-refractivity contribution in [2.45, 2.75) is 56.7 Å². The Kier molecular flexibility index (Phi) is 5.62. The predicted octanol–water partition coefficient (Wildman–Crippen LogP) is 2.57. The molecule has 1 N–H and O–H groups in total. The average Bonchev–Trinajstić information content (AvgIpc) is 3.50. The van der Waals surface area contributed by atoms with Gasteiger partial charge in [0.25, 0.3) is 5.91 Å². The fourth-order valence-corrected chi connectivity index (χ4v) is 7.35. The van der Waals surface area contributed by atoms with Crippen LogP contribution in [-0.4, -0.2) is 66.2 Å². The maximum atomic E-state index is 13.5. The summed E-state index contributed by atoms with van der Waals surface area (Å²) >= 11 is 0. The largest absolute Gasteiger partial charge is 0.334 e. The predicted molar refractivity (Wildman–Crippen MR) is 128 cm³/mol. The Morgan fingerprint density at radius 3 is 2.44 bits per heavy atom. The zero-order valence-corrected chi connectivity index (χ0v) is 20.0. The van der Waals surface area contributed by atoms with Crippen molar-refractivity contribution in [2.24, 2.45) is 0 Å². The number of urea groups is 1. The number of carbonyl (C=O) groups is 3. The third-order valence-electron chi connectivity index (χ3n) is 7.50. The molecular weight excluding hydrogens is 454 g/mol. The van der Waals surface area contributed by atoms with Crippen LogP contribution in [0.15, 0.2) is 42.5 Å². The fourth-order valence-electron chi connectivity index (χ4n) is 5.64. The highest BCUT2D eigenvalue weighted by Gasteiger charge is 2.50. The Hall–Kier alpha value is -2.94. The Labute approximate surface area is 199 Å². The van der Waals surface area contributed by atoms with Gasteiger partial charge in [0.2, 0.25) is 5.91 Å². The van der Waals surface area contributed by atoms with Gasteiger partial charge in [-0.25, -0.2) is 13.2 Å². The van der Waals surface area contributed by atoms with Gasteiger partial charge >= 0.3 is 6.03 Å². The standard InChI is InChI=1S/C25H29N3O5S/c1-25(19-11-10-17-6-2-3-7-18(17)14-19)23(30)27(24(31)26-25)15-22(29)28(20-8-4-5-9-20)21-12-13-34(32,33)16-21/h2-3,6-7,10-11,14,20-21H,4-5,8-9,12-13,15-16H2,1H3,(H,26,31)/t21-,25+/m1/s1. The maximum absolute atomic E-state index is 13.5. The van der Waals surface area contributed by atoms with E-state index in [0.717, 1.165) is 41.4 Å². The van der Waals surface area contributed by atoms with Crippen LogP contribution in [0.3, 0.4) is 0 Å². The van der Waals surface area contributed by atoms with Crippen molar-refractivity contribution in [3.63, 3.8) is 0 Å². The van der Waals surface area contributed by atoms with E-state index in [1.165, 1.54) is 0 Å². The summed E-state index contributed by atoms with van der Waals surface area (Å²) in [6.45, 7) is 1.26. The summed E-state index contributed by atoms with van der Waals surface area (Å²) < 4.78 is 24.2. The van der Waals surface area contributed by atoms with E-state index >= 15 is 0 Å². The quantitative estimate of drug-likeness (QED) is 0.659. The first-order valence-corrected chi connectivity index (χ1v) is 13.6. The van der Waals surface area contributed by atoms with E-state index in [1.807, 2.05) is 42.5 Å². The molecule has 0 unspecified atom stereocenters. The molecule has 1 saturated carbocycles. The molecule has 34 heavy (non-hydrogen) atoms. The Morgan fingerprint density at radius 1 is 1.06 bits per heavy atom. The molecule has 2 aromatic rings. The number of amides is 4. The molecule has 5 rings (SSSR count). The molecule has 0 aromatic heterocycles. The van der Waals surface area contributed by atoms with Gasteiger partial charge in [-0.2, -0.15) is 0 Å². The van der Waals surface area contributed by atoms with E-state index in [1.54, 1.807) is 11.8 Å². The molecule has 0 bridgehead atoms. The lowest BCUT2D eigenvalue weighted by Gasteiger charge is -2.35. The molecule has 0 radical (unpaired) electrons. The lowest BCUT2D eigenvalue weighted by Crippen LogP contribution is -2.51. The minimum absolute atomic E-state index is 0.0431. The molecule has 0 spiro atoms. The topological polar surface area (TPSA) is 104 Å². The SMILES string of the molecule is C[C@@]1(c2ccc3ccccc3c2)NC(=O)N(CC(=O)N(C2CCCC2)[C@@H]2CCS(=O)(=O)C2)C1=O. The van der Waals surface area contributed by atoms with Gasteiger partial charge in [-0.1, -0.05) is 49.2 Å². The van der Waals surface area contributed by atoms with Crippen LogP contribution >= 0.6 is 0 Å². The minimum atomic E-state index is -3.18. The molecule has 2 aliphatic heterocycles. The normalized spacial score (nSPS) is 26.9. The van der Waals surface area contributed by atoms with Crippen LogP contribution < -0.4 is 5.32 Å². The van der Waals surface area contributed by atoms with Crippen LogP contribution in [0, 0.1) is 0 Å². The molecule has 2 atom stereocenters. The molecule has 3 aliphatic rings. The van der Waals surface area contributed by atoms with Crippen molar-refractivity contribution in [1.29, 1.82) is 0 Å². The second-order valence-electron chi connectivity index (χ2n) is 9.80. The van der Waals surface area contributed by atoms with Gasteiger partial charge in [0, 0.05) is 12.1 Å². The van der Waals surface area contributed by atoms with Crippen LogP contribution in [0.1, 0.15) is 44.6 Å². The minimum Gasteiger partial charge on any atom is -0.334 e. The number of rotatable bonds is 5. The van der Waals surface area contributed by atoms with Gasteiger partial charge in [0.15, 0.2) is 9.84 Å². The van der Waals surface area contributed by atoms with Crippen molar-refractivity contribution < 1.29 is 22.8 Å². The maximum Gasteiger partial charge on any atom is 0.325 e. The number of nitrogens with zero attached hydrogens (tertiary/aromatic N) is 2. The summed E-state index contributed by atoms with van der Waals surface area (Å²) in [6.07, 6.45) is 4.00. The summed E-state index contributed by atoms with van der Waals surface area (Å²) in [4.78, 5) is 42.4. The third kappa shape index (κ3) is 3.96. The number of fused-ring (bicyclic) bond motifs is 1. The van der Waals surface area contributed by atoms with Crippen LogP contribution in [0.2, 0.25) is 0 Å². The van der Waals surface area contributed by atoms with E-state index in [9.17, 15) is 22.8 Å². The first kappa shape index (κ1) is 22.8. The number of carbonyl (C=O) groups excluding carboxylic acids is 3. The number of imide groups is 1. The molecular formula is C25H29N3O5S. The molecule has 8 nitrogen and oxygen atoms in total. The summed E-state index contributed by atoms with van der Waals surface area (Å²) in [5.74, 6) is -0.826. The van der Waals surface area contributed by atoms with E-state index in [-0.39, 0.29) is 30.0 Å². The van der Waals surface area contributed by atoms with Crippen molar-refractivity contribution in [1.82, 2.24) is 15.1 Å². The fraction of sp³-hybridized carbons (Fsp3) is 0.480. The van der Waals surface area contributed by atoms with Crippen molar-refractivity contribution >= 4 is 38.5 Å². The highest BCUT2D eigenvalue weighted by Crippen LogP contribution is 2.33. The number of nitrogens with one attached hydrogen (secondary N) is 1. The first-order chi connectivity index (χ1) is 16.2. The Bertz CT molecular complexity index is 1270. The molecule has 2 saturated heterocycles. The van der Waals surface area contributed by atoms with Crippen LogP contribution in [-0.2, 0) is 25.0 Å². The summed E-state index contributed by atoms with van der Waals surface area (Å²) in [5, 5.41) is 4.76. The second kappa shape index (κ2) is 8.37. The van der Waals surface area contributed by atoms with Gasteiger partial charge in [-0.15, -0.1) is 0 Å². The number of sulfone groups is 1. The average molecular weight is 484 g/mol. The highest BCUT2D eigenvalue weighted by molar-refractivity contribution is 7.91. The molecule has 2 heterocycles. The van der Waals surface area contributed by atoms with Crippen LogP contribution in [0.4, 0.5) is 4.79 Å². The molecule has 9 heteroatoms. The van der Waals surface area contributed by atoms with Gasteiger partial charge < -0.3 is 10.2 Å². The summed E-state index contributed by atoms with van der Waals surface area (Å²) in [7, 11) is -3.18. The van der Waals surface area contributed by atoms with Crippen molar-refractivity contribution in [2.75, 3.05) is 18.1 Å². The van der Waals surface area contributed by atoms with E-state index in [4.69, 9.17) is 0 Å². The highest BCUT2D eigenvalue weighted by atomic mass is 32.2. The molecule has 180 valence electrons. The lowest BCUT2D eigenvalue weighted by molar-refractivity contribution is -0.141. The smallest absolute Gasteiger partial charge is 0.325 e.